The largest absolute Gasteiger partial charge is 0.504 e. The first-order valence-electron chi connectivity index (χ1n) is 15.3. The number of pyridine rings is 1. The van der Waals surface area contributed by atoms with E-state index in [-0.39, 0.29) is 29.6 Å². The van der Waals surface area contributed by atoms with Crippen molar-refractivity contribution >= 4 is 24.3 Å². The zero-order valence-electron chi connectivity index (χ0n) is 26.8. The Bertz CT molecular complexity index is 1900. The van der Waals surface area contributed by atoms with Crippen molar-refractivity contribution in [2.24, 2.45) is 0 Å². The Morgan fingerprint density at radius 2 is 1.76 bits per heavy atom. The molecule has 0 radical (unpaired) electrons. The summed E-state index contributed by atoms with van der Waals surface area (Å²) in [6.45, 7) is 2.09. The van der Waals surface area contributed by atoms with E-state index in [1.807, 2.05) is 24.3 Å². The van der Waals surface area contributed by atoms with Gasteiger partial charge < -0.3 is 29.5 Å². The smallest absolute Gasteiger partial charge is 0.310 e. The van der Waals surface area contributed by atoms with Crippen molar-refractivity contribution < 1.29 is 38.5 Å². The van der Waals surface area contributed by atoms with Crippen LogP contribution in [0.15, 0.2) is 72.5 Å². The highest BCUT2D eigenvalue weighted by Gasteiger charge is 2.25. The molecule has 2 heterocycles. The van der Waals surface area contributed by atoms with Crippen molar-refractivity contribution in [1.82, 2.24) is 15.8 Å². The van der Waals surface area contributed by atoms with Gasteiger partial charge in [-0.25, -0.2) is 14.9 Å². The highest BCUT2D eigenvalue weighted by Crippen LogP contribution is 2.43. The molecule has 0 atom stereocenters. The first kappa shape index (κ1) is 34.4. The summed E-state index contributed by atoms with van der Waals surface area (Å²) < 4.78 is 30.5. The van der Waals surface area contributed by atoms with Crippen LogP contribution < -0.4 is 25.2 Å². The van der Waals surface area contributed by atoms with Gasteiger partial charge in [0.25, 0.3) is 6.47 Å². The quantitative estimate of drug-likeness (QED) is 0.0532. The number of hydrogen-bond acceptors (Lipinski definition) is 11. The molecule has 1 amide bonds. The molecule has 1 saturated heterocycles. The third-order valence-corrected chi connectivity index (χ3v) is 8.21. The van der Waals surface area contributed by atoms with E-state index in [2.05, 4.69) is 15.0 Å². The van der Waals surface area contributed by atoms with Crippen LogP contribution in [0.25, 0.3) is 28.5 Å². The number of phenols is 1. The van der Waals surface area contributed by atoms with Crippen molar-refractivity contribution in [3.63, 3.8) is 0 Å². The Morgan fingerprint density at radius 3 is 2.37 bits per heavy atom. The number of nitrogens with zero attached hydrogens (tertiary/aromatic N) is 3. The fourth-order valence-electron chi connectivity index (χ4n) is 5.64. The van der Waals surface area contributed by atoms with Crippen LogP contribution in [0.4, 0.5) is 10.2 Å². The third-order valence-electron chi connectivity index (χ3n) is 8.21. The predicted octanol–water partition coefficient (Wildman–Crippen LogP) is 4.93. The summed E-state index contributed by atoms with van der Waals surface area (Å²) in [5.74, 6) is -0.593. The van der Waals surface area contributed by atoms with E-state index in [1.165, 1.54) is 44.0 Å². The number of nitriles is 1. The Morgan fingerprint density at radius 1 is 1.04 bits per heavy atom. The standard InChI is InChI=1S/C36H34FN5O7/c1-47-30-10-9-24(17-29(30)44)34-31(48-2)18-33(40-35(34)25-7-8-26(19-38)28(37)16-25)42-13-11-27(12-14-42)39-20-23-5-3-22(4-6-23)15-32(49-21-43)36(45)41-46/h3-10,15-18,21,27,39,44,46H,11-14,20H2,1-2H3,(H,41,45)/b32-15+. The number of nitrogens with one attached hydrogen (secondary N) is 2. The van der Waals surface area contributed by atoms with Gasteiger partial charge in [0.2, 0.25) is 0 Å². The zero-order valence-corrected chi connectivity index (χ0v) is 26.8. The van der Waals surface area contributed by atoms with Gasteiger partial charge in [-0.15, -0.1) is 0 Å². The summed E-state index contributed by atoms with van der Waals surface area (Å²) in [5, 5.41) is 32.2. The monoisotopic (exact) mass is 667 g/mol. The average Bonchev–Trinajstić information content (AvgIpc) is 3.13. The van der Waals surface area contributed by atoms with Crippen LogP contribution in [0.3, 0.4) is 0 Å². The Hall–Kier alpha value is -5.97. The molecule has 0 bridgehead atoms. The number of aromatic nitrogens is 1. The lowest BCUT2D eigenvalue weighted by Gasteiger charge is -2.34. The highest BCUT2D eigenvalue weighted by atomic mass is 19.1. The maximum atomic E-state index is 14.9. The lowest BCUT2D eigenvalue weighted by Crippen LogP contribution is -2.42. The van der Waals surface area contributed by atoms with Gasteiger partial charge in [-0.1, -0.05) is 36.4 Å². The molecule has 0 unspecified atom stereocenters. The summed E-state index contributed by atoms with van der Waals surface area (Å²) in [6, 6.07) is 20.5. The molecular weight excluding hydrogens is 633 g/mol. The number of carbonyl (C=O) groups excluding carboxylic acids is 2. The zero-order chi connectivity index (χ0) is 34.9. The minimum absolute atomic E-state index is 0.0733. The highest BCUT2D eigenvalue weighted by molar-refractivity contribution is 5.96. The van der Waals surface area contributed by atoms with E-state index >= 15 is 0 Å². The molecule has 1 aromatic heterocycles. The second-order valence-corrected chi connectivity index (χ2v) is 11.1. The molecule has 12 nitrogen and oxygen atoms in total. The van der Waals surface area contributed by atoms with Gasteiger partial charge >= 0.3 is 5.91 Å². The van der Waals surface area contributed by atoms with Crippen molar-refractivity contribution in [2.75, 3.05) is 32.2 Å². The number of benzene rings is 3. The van der Waals surface area contributed by atoms with E-state index < -0.39 is 11.7 Å². The molecule has 0 saturated carbocycles. The normalized spacial score (nSPS) is 13.4. The number of methoxy groups -OCH3 is 2. The molecule has 0 spiro atoms. The number of hydroxylamine groups is 1. The lowest BCUT2D eigenvalue weighted by molar-refractivity contribution is -0.135. The van der Waals surface area contributed by atoms with Crippen molar-refractivity contribution in [2.45, 2.75) is 25.4 Å². The summed E-state index contributed by atoms with van der Waals surface area (Å²) >= 11 is 0. The molecule has 1 aliphatic rings. The molecule has 252 valence electrons. The van der Waals surface area contributed by atoms with Crippen LogP contribution in [0.2, 0.25) is 0 Å². The van der Waals surface area contributed by atoms with Crippen LogP contribution in [0.1, 0.15) is 29.5 Å². The van der Waals surface area contributed by atoms with Crippen LogP contribution in [-0.2, 0) is 20.9 Å². The number of carbonyl (C=O) groups is 2. The van der Waals surface area contributed by atoms with Gasteiger partial charge in [0.05, 0.1) is 31.0 Å². The fraction of sp³-hybridized carbons (Fsp3) is 0.222. The average molecular weight is 668 g/mol. The Balaban J connectivity index is 1.33. The van der Waals surface area contributed by atoms with Gasteiger partial charge in [0, 0.05) is 37.3 Å². The van der Waals surface area contributed by atoms with Crippen molar-refractivity contribution in [3.8, 4) is 45.7 Å². The van der Waals surface area contributed by atoms with Crippen LogP contribution >= 0.6 is 0 Å². The maximum absolute atomic E-state index is 14.9. The molecule has 3 aromatic carbocycles. The molecule has 4 N–H and O–H groups in total. The number of hydrogen-bond donors (Lipinski definition) is 4. The molecule has 49 heavy (non-hydrogen) atoms. The van der Waals surface area contributed by atoms with Gasteiger partial charge in [-0.2, -0.15) is 5.26 Å². The second-order valence-electron chi connectivity index (χ2n) is 11.1. The van der Waals surface area contributed by atoms with Crippen molar-refractivity contribution in [1.29, 1.82) is 5.26 Å². The van der Waals surface area contributed by atoms with E-state index in [4.69, 9.17) is 19.7 Å². The van der Waals surface area contributed by atoms with Crippen LogP contribution in [0, 0.1) is 17.1 Å². The topological polar surface area (TPSA) is 166 Å². The van der Waals surface area contributed by atoms with Crippen LogP contribution in [-0.4, -0.2) is 61.0 Å². The number of phenolic OH excluding ortho intramolecular Hbond substituents is 1. The van der Waals surface area contributed by atoms with Gasteiger partial charge in [0.15, 0.2) is 17.3 Å². The number of ether oxygens (including phenoxy) is 3. The number of piperidine rings is 1. The predicted molar refractivity (Wildman–Crippen MR) is 178 cm³/mol. The molecule has 1 aliphatic heterocycles. The Labute approximate surface area is 281 Å². The van der Waals surface area contributed by atoms with E-state index in [9.17, 15) is 24.3 Å². The summed E-state index contributed by atoms with van der Waals surface area (Å²) in [6.07, 6.45) is 2.98. The van der Waals surface area contributed by atoms with Gasteiger partial charge in [0.1, 0.15) is 23.5 Å². The number of aromatic hydroxyl groups is 1. The lowest BCUT2D eigenvalue weighted by atomic mass is 9.96. The summed E-state index contributed by atoms with van der Waals surface area (Å²) in [4.78, 5) is 29.4. The molecule has 13 heteroatoms. The van der Waals surface area contributed by atoms with Crippen LogP contribution in [0.5, 0.6) is 17.2 Å². The number of rotatable bonds is 12. The molecule has 0 aliphatic carbocycles. The molecule has 1 fully saturated rings. The molecule has 4 aromatic rings. The van der Waals surface area contributed by atoms with Gasteiger partial charge in [-0.3, -0.25) is 14.8 Å². The first-order chi connectivity index (χ1) is 23.8. The van der Waals surface area contributed by atoms with E-state index in [0.717, 1.165) is 18.4 Å². The van der Waals surface area contributed by atoms with E-state index in [0.29, 0.717) is 64.9 Å². The maximum Gasteiger partial charge on any atom is 0.310 e. The van der Waals surface area contributed by atoms with Crippen molar-refractivity contribution in [3.05, 3.63) is 95.0 Å². The number of amides is 1. The minimum Gasteiger partial charge on any atom is -0.504 e. The molecular formula is C36H34FN5O7. The number of anilines is 1. The van der Waals surface area contributed by atoms with E-state index in [1.54, 1.807) is 30.3 Å². The third kappa shape index (κ3) is 7.95. The molecule has 5 rings (SSSR count). The second kappa shape index (κ2) is 15.7. The minimum atomic E-state index is -0.939. The number of halogens is 1. The summed E-state index contributed by atoms with van der Waals surface area (Å²) in [7, 11) is 3.00. The Kier molecular flexibility index (Phi) is 11.0. The first-order valence-corrected chi connectivity index (χ1v) is 15.3. The van der Waals surface area contributed by atoms with Gasteiger partial charge in [-0.05, 0) is 59.9 Å². The summed E-state index contributed by atoms with van der Waals surface area (Å²) in [5.41, 5.74) is 5.00. The SMILES string of the molecule is COc1ccc(-c2c(OC)cc(N3CCC(NCc4ccc(/C=C(/OC=O)C(=O)NO)cc4)CC3)nc2-c2ccc(C#N)c(F)c2)cc1O. The fourth-order valence-corrected chi connectivity index (χ4v) is 5.64.